The molecule has 1 aliphatic rings. The number of halogens is 1. The molecule has 1 heterocycles. The maximum Gasteiger partial charge on any atom is 0.222 e. The molecule has 2 aromatic rings. The summed E-state index contributed by atoms with van der Waals surface area (Å²) in [6.07, 6.45) is 0.366. The largest absolute Gasteiger partial charge is 0.497 e. The first-order valence-electron chi connectivity index (χ1n) is 9.08. The SMILES string of the molecule is COc1cccc(C(NC(=O)CC2COCCN2)c2cccc(OC)c2)c1.Cl. The van der Waals surface area contributed by atoms with E-state index >= 15 is 0 Å². The molecule has 1 unspecified atom stereocenters. The van der Waals surface area contributed by atoms with Gasteiger partial charge in [-0.2, -0.15) is 0 Å². The van der Waals surface area contributed by atoms with Crippen LogP contribution < -0.4 is 20.1 Å². The van der Waals surface area contributed by atoms with Gasteiger partial charge < -0.3 is 24.8 Å². The molecule has 2 aromatic carbocycles. The molecule has 152 valence electrons. The number of methoxy groups -OCH3 is 2. The standard InChI is InChI=1S/C21H26N2O4.ClH/c1-25-18-7-3-5-15(11-18)21(16-6-4-8-19(12-16)26-2)23-20(24)13-17-14-27-10-9-22-17;/h3-8,11-12,17,21-22H,9-10,13-14H2,1-2H3,(H,23,24);1H. The van der Waals surface area contributed by atoms with Crippen LogP contribution in [0.15, 0.2) is 48.5 Å². The van der Waals surface area contributed by atoms with E-state index in [-0.39, 0.29) is 30.4 Å². The van der Waals surface area contributed by atoms with E-state index in [0.717, 1.165) is 29.2 Å². The van der Waals surface area contributed by atoms with E-state index in [1.807, 2.05) is 48.5 Å². The highest BCUT2D eigenvalue weighted by Gasteiger charge is 2.22. The summed E-state index contributed by atoms with van der Waals surface area (Å²) >= 11 is 0. The van der Waals surface area contributed by atoms with Gasteiger partial charge in [-0.25, -0.2) is 0 Å². The summed E-state index contributed by atoms with van der Waals surface area (Å²) in [6.45, 7) is 2.01. The van der Waals surface area contributed by atoms with Gasteiger partial charge >= 0.3 is 0 Å². The first-order chi connectivity index (χ1) is 13.2. The van der Waals surface area contributed by atoms with Crippen molar-refractivity contribution in [3.05, 3.63) is 59.7 Å². The Morgan fingerprint density at radius 2 is 1.75 bits per heavy atom. The summed E-state index contributed by atoms with van der Waals surface area (Å²) in [5.41, 5.74) is 1.90. The Morgan fingerprint density at radius 1 is 1.14 bits per heavy atom. The van der Waals surface area contributed by atoms with Gasteiger partial charge in [0.2, 0.25) is 5.91 Å². The second-order valence-electron chi connectivity index (χ2n) is 6.48. The number of amides is 1. The van der Waals surface area contributed by atoms with Crippen molar-refractivity contribution >= 4 is 18.3 Å². The molecule has 1 saturated heterocycles. The lowest BCUT2D eigenvalue weighted by Gasteiger charge is -2.25. The van der Waals surface area contributed by atoms with Gasteiger partial charge in [0, 0.05) is 19.0 Å². The van der Waals surface area contributed by atoms with Crippen molar-refractivity contribution in [1.29, 1.82) is 0 Å². The summed E-state index contributed by atoms with van der Waals surface area (Å²) in [7, 11) is 3.26. The van der Waals surface area contributed by atoms with Crippen LogP contribution in [0.25, 0.3) is 0 Å². The normalized spacial score (nSPS) is 16.2. The number of hydrogen-bond donors (Lipinski definition) is 2. The Labute approximate surface area is 172 Å². The lowest BCUT2D eigenvalue weighted by molar-refractivity contribution is -0.122. The summed E-state index contributed by atoms with van der Waals surface area (Å²) in [4.78, 5) is 12.7. The van der Waals surface area contributed by atoms with Crippen molar-refractivity contribution in [2.45, 2.75) is 18.5 Å². The molecule has 0 aromatic heterocycles. The van der Waals surface area contributed by atoms with E-state index in [1.54, 1.807) is 14.2 Å². The number of carbonyl (C=O) groups excluding carboxylic acids is 1. The molecule has 28 heavy (non-hydrogen) atoms. The van der Waals surface area contributed by atoms with Gasteiger partial charge in [0.05, 0.1) is 33.5 Å². The monoisotopic (exact) mass is 406 g/mol. The second kappa shape index (κ2) is 10.9. The van der Waals surface area contributed by atoms with Crippen molar-refractivity contribution in [2.75, 3.05) is 34.0 Å². The molecular formula is C21H27ClN2O4. The zero-order valence-electron chi connectivity index (χ0n) is 16.1. The predicted molar refractivity (Wildman–Crippen MR) is 110 cm³/mol. The number of nitrogens with one attached hydrogen (secondary N) is 2. The van der Waals surface area contributed by atoms with Gasteiger partial charge in [0.25, 0.3) is 0 Å². The van der Waals surface area contributed by atoms with Crippen LogP contribution in [0.2, 0.25) is 0 Å². The number of carbonyl (C=O) groups is 1. The van der Waals surface area contributed by atoms with Crippen molar-refractivity contribution in [3.8, 4) is 11.5 Å². The number of hydrogen-bond acceptors (Lipinski definition) is 5. The number of rotatable bonds is 7. The van der Waals surface area contributed by atoms with Crippen LogP contribution in [-0.2, 0) is 9.53 Å². The van der Waals surface area contributed by atoms with Crippen molar-refractivity contribution in [3.63, 3.8) is 0 Å². The topological polar surface area (TPSA) is 68.8 Å². The Bertz CT molecular complexity index is 718. The highest BCUT2D eigenvalue weighted by molar-refractivity contribution is 5.85. The van der Waals surface area contributed by atoms with Gasteiger partial charge in [0.1, 0.15) is 11.5 Å². The molecule has 0 aliphatic carbocycles. The maximum absolute atomic E-state index is 12.7. The first-order valence-corrected chi connectivity index (χ1v) is 9.08. The third kappa shape index (κ3) is 5.86. The van der Waals surface area contributed by atoms with Gasteiger partial charge in [-0.15, -0.1) is 12.4 Å². The van der Waals surface area contributed by atoms with Crippen molar-refractivity contribution in [1.82, 2.24) is 10.6 Å². The van der Waals surface area contributed by atoms with Gasteiger partial charge in [-0.1, -0.05) is 24.3 Å². The first kappa shape index (κ1) is 22.0. The molecule has 2 N–H and O–H groups in total. The average Bonchev–Trinajstić information content (AvgIpc) is 2.73. The number of benzene rings is 2. The third-order valence-corrected chi connectivity index (χ3v) is 4.59. The van der Waals surface area contributed by atoms with E-state index < -0.39 is 0 Å². The molecule has 0 radical (unpaired) electrons. The quantitative estimate of drug-likeness (QED) is 0.740. The zero-order chi connectivity index (χ0) is 19.1. The Balaban J connectivity index is 0.00000280. The van der Waals surface area contributed by atoms with Crippen LogP contribution in [-0.4, -0.2) is 45.9 Å². The Hall–Kier alpha value is -2.28. The maximum atomic E-state index is 12.7. The van der Waals surface area contributed by atoms with E-state index in [0.29, 0.717) is 19.6 Å². The highest BCUT2D eigenvalue weighted by Crippen LogP contribution is 2.27. The van der Waals surface area contributed by atoms with Gasteiger partial charge in [0.15, 0.2) is 0 Å². The molecule has 0 bridgehead atoms. The molecule has 0 saturated carbocycles. The predicted octanol–water partition coefficient (Wildman–Crippen LogP) is 2.71. The van der Waals surface area contributed by atoms with Crippen LogP contribution in [0, 0.1) is 0 Å². The molecule has 1 amide bonds. The summed E-state index contributed by atoms with van der Waals surface area (Å²) < 4.78 is 16.1. The van der Waals surface area contributed by atoms with Crippen LogP contribution >= 0.6 is 12.4 Å². The summed E-state index contributed by atoms with van der Waals surface area (Å²) in [5, 5.41) is 6.47. The van der Waals surface area contributed by atoms with Gasteiger partial charge in [-0.05, 0) is 35.4 Å². The lowest BCUT2D eigenvalue weighted by Crippen LogP contribution is -2.44. The van der Waals surface area contributed by atoms with E-state index in [2.05, 4.69) is 10.6 Å². The fraction of sp³-hybridized carbons (Fsp3) is 0.381. The smallest absolute Gasteiger partial charge is 0.222 e. The van der Waals surface area contributed by atoms with E-state index in [4.69, 9.17) is 14.2 Å². The molecule has 7 heteroatoms. The molecule has 1 aliphatic heterocycles. The van der Waals surface area contributed by atoms with Crippen LogP contribution in [0.1, 0.15) is 23.6 Å². The van der Waals surface area contributed by atoms with Crippen molar-refractivity contribution < 1.29 is 19.0 Å². The molecule has 1 fully saturated rings. The Kier molecular flexibility index (Phi) is 8.57. The highest BCUT2D eigenvalue weighted by atomic mass is 35.5. The average molecular weight is 407 g/mol. The van der Waals surface area contributed by atoms with Crippen LogP contribution in [0.3, 0.4) is 0 Å². The minimum absolute atomic E-state index is 0. The number of morpholine rings is 1. The van der Waals surface area contributed by atoms with Gasteiger partial charge in [-0.3, -0.25) is 4.79 Å². The second-order valence-corrected chi connectivity index (χ2v) is 6.48. The fourth-order valence-electron chi connectivity index (χ4n) is 3.20. The van der Waals surface area contributed by atoms with Crippen molar-refractivity contribution in [2.24, 2.45) is 0 Å². The molecular weight excluding hydrogens is 380 g/mol. The lowest BCUT2D eigenvalue weighted by atomic mass is 9.97. The molecule has 0 spiro atoms. The Morgan fingerprint density at radius 3 is 2.25 bits per heavy atom. The molecule has 1 atom stereocenters. The van der Waals surface area contributed by atoms with Crippen LogP contribution in [0.5, 0.6) is 11.5 Å². The minimum atomic E-state index is -0.299. The van der Waals surface area contributed by atoms with Crippen LogP contribution in [0.4, 0.5) is 0 Å². The van der Waals surface area contributed by atoms with E-state index in [9.17, 15) is 4.79 Å². The molecule has 6 nitrogen and oxygen atoms in total. The minimum Gasteiger partial charge on any atom is -0.497 e. The number of ether oxygens (including phenoxy) is 3. The molecule has 3 rings (SSSR count). The zero-order valence-corrected chi connectivity index (χ0v) is 17.0. The summed E-state index contributed by atoms with van der Waals surface area (Å²) in [5.74, 6) is 1.46. The van der Waals surface area contributed by atoms with E-state index in [1.165, 1.54) is 0 Å². The fourth-order valence-corrected chi connectivity index (χ4v) is 3.20. The third-order valence-electron chi connectivity index (χ3n) is 4.59. The summed E-state index contributed by atoms with van der Waals surface area (Å²) in [6, 6.07) is 15.2.